The fourth-order valence-electron chi connectivity index (χ4n) is 3.19. The topological polar surface area (TPSA) is 36.9 Å². The van der Waals surface area contributed by atoms with Crippen molar-refractivity contribution in [2.24, 2.45) is 0 Å². The first-order chi connectivity index (χ1) is 14.0. The van der Waals surface area contributed by atoms with Crippen molar-refractivity contribution >= 4 is 9.24 Å². The van der Waals surface area contributed by atoms with Crippen molar-refractivity contribution in [1.29, 1.82) is 0 Å². The van der Waals surface area contributed by atoms with Gasteiger partial charge in [0.25, 0.3) is 0 Å². The van der Waals surface area contributed by atoms with Crippen LogP contribution in [0, 0.1) is 0 Å². The van der Waals surface area contributed by atoms with E-state index >= 15 is 0 Å². The normalized spacial score (nSPS) is 12.3. The smallest absolute Gasteiger partial charge is 0.188 e. The molecule has 0 amide bonds. The maximum Gasteiger partial charge on any atom is 0.188 e. The lowest BCUT2D eigenvalue weighted by Crippen LogP contribution is -2.14. The minimum atomic E-state index is -0.0201. The SMILES string of the molecule is COCOc1ccc(C(C)(C)C)cc1C(P)c1cc(C(C)(C)C)ccc1OCOC. The lowest BCUT2D eigenvalue weighted by Gasteiger charge is -2.26. The summed E-state index contributed by atoms with van der Waals surface area (Å²) >= 11 is 0. The summed E-state index contributed by atoms with van der Waals surface area (Å²) in [5.74, 6) is 1.62. The first kappa shape index (κ1) is 24.7. The van der Waals surface area contributed by atoms with E-state index in [-0.39, 0.29) is 30.1 Å². The summed E-state index contributed by atoms with van der Waals surface area (Å²) in [6, 6.07) is 12.8. The Balaban J connectivity index is 2.62. The van der Waals surface area contributed by atoms with Gasteiger partial charge in [-0.05, 0) is 34.1 Å². The average Bonchev–Trinajstić information content (AvgIpc) is 2.68. The van der Waals surface area contributed by atoms with Crippen LogP contribution in [0.1, 0.15) is 69.5 Å². The van der Waals surface area contributed by atoms with Crippen LogP contribution in [0.15, 0.2) is 36.4 Å². The highest BCUT2D eigenvalue weighted by Gasteiger charge is 2.24. The first-order valence-corrected chi connectivity index (χ1v) is 10.9. The number of methoxy groups -OCH3 is 2. The lowest BCUT2D eigenvalue weighted by atomic mass is 9.83. The summed E-state index contributed by atoms with van der Waals surface area (Å²) in [6.07, 6.45) is 0. The van der Waals surface area contributed by atoms with Crippen LogP contribution in [0.4, 0.5) is 0 Å². The van der Waals surface area contributed by atoms with Crippen molar-refractivity contribution in [3.8, 4) is 11.5 Å². The molecule has 0 saturated carbocycles. The third-order valence-corrected chi connectivity index (χ3v) is 5.80. The molecule has 2 rings (SSSR count). The van der Waals surface area contributed by atoms with Gasteiger partial charge in [0.1, 0.15) is 11.5 Å². The fraction of sp³-hybridized carbons (Fsp3) is 0.520. The molecule has 0 fully saturated rings. The Morgan fingerprint density at radius 3 is 1.37 bits per heavy atom. The molecule has 2 aromatic rings. The standard InChI is InChI=1S/C25H37O4P/c1-24(2,3)17-9-11-21(28-15-26-7)19(13-17)23(30)20-14-18(25(4,5)6)10-12-22(20)29-16-27-8/h9-14,23H,15-16,30H2,1-8H3. The minimum Gasteiger partial charge on any atom is -0.467 e. The molecule has 30 heavy (non-hydrogen) atoms. The van der Waals surface area contributed by atoms with Gasteiger partial charge < -0.3 is 18.9 Å². The molecule has 166 valence electrons. The summed E-state index contributed by atoms with van der Waals surface area (Å²) in [4.78, 5) is 0. The largest absolute Gasteiger partial charge is 0.467 e. The Labute approximate surface area is 184 Å². The Bertz CT molecular complexity index is 765. The van der Waals surface area contributed by atoms with Gasteiger partial charge in [0, 0.05) is 31.0 Å². The van der Waals surface area contributed by atoms with Crippen LogP contribution in [-0.4, -0.2) is 27.8 Å². The minimum absolute atomic E-state index is 0.0201. The molecule has 5 heteroatoms. The van der Waals surface area contributed by atoms with Gasteiger partial charge in [-0.15, -0.1) is 9.24 Å². The van der Waals surface area contributed by atoms with Crippen LogP contribution in [0.5, 0.6) is 11.5 Å². The van der Waals surface area contributed by atoms with Gasteiger partial charge in [0.15, 0.2) is 13.6 Å². The fourth-order valence-corrected chi connectivity index (χ4v) is 3.71. The number of hydrogen-bond acceptors (Lipinski definition) is 4. The van der Waals surface area contributed by atoms with Gasteiger partial charge in [-0.1, -0.05) is 65.8 Å². The van der Waals surface area contributed by atoms with E-state index in [1.54, 1.807) is 14.2 Å². The van der Waals surface area contributed by atoms with E-state index in [1.807, 2.05) is 12.1 Å². The molecule has 0 aliphatic heterocycles. The monoisotopic (exact) mass is 432 g/mol. The highest BCUT2D eigenvalue weighted by molar-refractivity contribution is 7.17. The van der Waals surface area contributed by atoms with Crippen LogP contribution in [0.25, 0.3) is 0 Å². The quantitative estimate of drug-likeness (QED) is 0.367. The van der Waals surface area contributed by atoms with E-state index in [2.05, 4.69) is 75.0 Å². The molecule has 0 spiro atoms. The zero-order valence-corrected chi connectivity index (χ0v) is 20.8. The van der Waals surface area contributed by atoms with Crippen molar-refractivity contribution in [2.75, 3.05) is 27.8 Å². The number of hydrogen-bond donors (Lipinski definition) is 0. The Kier molecular flexibility index (Phi) is 8.33. The van der Waals surface area contributed by atoms with Crippen molar-refractivity contribution in [2.45, 2.75) is 58.0 Å². The molecule has 0 aliphatic rings. The zero-order chi connectivity index (χ0) is 22.5. The van der Waals surface area contributed by atoms with Crippen molar-refractivity contribution < 1.29 is 18.9 Å². The maximum atomic E-state index is 5.91. The number of rotatable bonds is 8. The first-order valence-electron chi connectivity index (χ1n) is 10.3. The molecule has 0 radical (unpaired) electrons. The maximum absolute atomic E-state index is 5.91. The molecule has 1 unspecified atom stereocenters. The second kappa shape index (κ2) is 10.1. The van der Waals surface area contributed by atoms with Gasteiger partial charge in [0.2, 0.25) is 0 Å². The van der Waals surface area contributed by atoms with Crippen LogP contribution in [0.2, 0.25) is 0 Å². The number of benzene rings is 2. The van der Waals surface area contributed by atoms with Crippen molar-refractivity contribution in [3.05, 3.63) is 58.7 Å². The van der Waals surface area contributed by atoms with Gasteiger partial charge in [-0.2, -0.15) is 0 Å². The van der Waals surface area contributed by atoms with Crippen molar-refractivity contribution in [1.82, 2.24) is 0 Å². The Morgan fingerprint density at radius 2 is 1.07 bits per heavy atom. The van der Waals surface area contributed by atoms with E-state index in [1.165, 1.54) is 11.1 Å². The molecule has 1 atom stereocenters. The molecule has 0 saturated heterocycles. The average molecular weight is 433 g/mol. The van der Waals surface area contributed by atoms with Crippen LogP contribution in [-0.2, 0) is 20.3 Å². The van der Waals surface area contributed by atoms with Crippen LogP contribution >= 0.6 is 9.24 Å². The van der Waals surface area contributed by atoms with Crippen LogP contribution < -0.4 is 9.47 Å². The van der Waals surface area contributed by atoms with Gasteiger partial charge in [-0.3, -0.25) is 0 Å². The van der Waals surface area contributed by atoms with Gasteiger partial charge >= 0.3 is 0 Å². The van der Waals surface area contributed by atoms with Crippen molar-refractivity contribution in [3.63, 3.8) is 0 Å². The van der Waals surface area contributed by atoms with E-state index in [0.29, 0.717) is 0 Å². The lowest BCUT2D eigenvalue weighted by molar-refractivity contribution is 0.0497. The third kappa shape index (κ3) is 6.20. The molecule has 4 nitrogen and oxygen atoms in total. The molecule has 0 aromatic heterocycles. The summed E-state index contributed by atoms with van der Waals surface area (Å²) in [6.45, 7) is 13.7. The molecule has 2 aromatic carbocycles. The predicted molar refractivity (Wildman–Crippen MR) is 127 cm³/mol. The Morgan fingerprint density at radius 1 is 0.700 bits per heavy atom. The molecule has 0 heterocycles. The van der Waals surface area contributed by atoms with Gasteiger partial charge in [-0.25, -0.2) is 0 Å². The van der Waals surface area contributed by atoms with Gasteiger partial charge in [0.05, 0.1) is 0 Å². The molecule has 0 bridgehead atoms. The van der Waals surface area contributed by atoms with Crippen LogP contribution in [0.3, 0.4) is 0 Å². The molecule has 0 aliphatic carbocycles. The van der Waals surface area contributed by atoms with E-state index in [4.69, 9.17) is 18.9 Å². The highest BCUT2D eigenvalue weighted by atomic mass is 31.0. The highest BCUT2D eigenvalue weighted by Crippen LogP contribution is 2.44. The molecular formula is C25H37O4P. The van der Waals surface area contributed by atoms with E-state index in [9.17, 15) is 0 Å². The predicted octanol–water partition coefficient (Wildman–Crippen LogP) is 6.21. The summed E-state index contributed by atoms with van der Waals surface area (Å²) in [5.41, 5.74) is 4.70. The Hall–Kier alpha value is -1.61. The second-order valence-electron chi connectivity index (χ2n) is 9.58. The summed E-state index contributed by atoms with van der Waals surface area (Å²) in [7, 11) is 6.23. The summed E-state index contributed by atoms with van der Waals surface area (Å²) in [5, 5.41) is 0. The summed E-state index contributed by atoms with van der Waals surface area (Å²) < 4.78 is 22.1. The molecule has 0 N–H and O–H groups in total. The molecular weight excluding hydrogens is 395 g/mol. The second-order valence-corrected chi connectivity index (χ2v) is 10.3. The third-order valence-electron chi connectivity index (χ3n) is 5.09. The van der Waals surface area contributed by atoms with E-state index in [0.717, 1.165) is 22.6 Å². The van der Waals surface area contributed by atoms with E-state index < -0.39 is 0 Å². The number of ether oxygens (including phenoxy) is 4. The zero-order valence-electron chi connectivity index (χ0n) is 19.7.